The highest BCUT2D eigenvalue weighted by atomic mass is 16.2. The first-order valence-corrected chi connectivity index (χ1v) is 7.02. The van der Waals surface area contributed by atoms with Gasteiger partial charge in [-0.2, -0.15) is 0 Å². The predicted molar refractivity (Wildman–Crippen MR) is 69.8 cm³/mol. The molecule has 2 amide bonds. The van der Waals surface area contributed by atoms with Crippen molar-refractivity contribution in [2.24, 2.45) is 17.8 Å². The summed E-state index contributed by atoms with van der Waals surface area (Å²) in [5, 5.41) is 2.78. The Morgan fingerprint density at radius 3 is 2.39 bits per heavy atom. The third-order valence-corrected chi connectivity index (χ3v) is 4.16. The zero-order valence-corrected chi connectivity index (χ0v) is 11.8. The van der Waals surface area contributed by atoms with Crippen molar-refractivity contribution in [3.63, 3.8) is 0 Å². The van der Waals surface area contributed by atoms with Crippen LogP contribution in [0.3, 0.4) is 0 Å². The van der Waals surface area contributed by atoms with Crippen molar-refractivity contribution in [1.82, 2.24) is 10.2 Å². The maximum Gasteiger partial charge on any atom is 0.245 e. The maximum atomic E-state index is 12.3. The second kappa shape index (κ2) is 4.90. The first kappa shape index (κ1) is 13.4. The van der Waals surface area contributed by atoms with Crippen molar-refractivity contribution < 1.29 is 9.59 Å². The summed E-state index contributed by atoms with van der Waals surface area (Å²) in [5.74, 6) is 1.49. The highest BCUT2D eigenvalue weighted by Crippen LogP contribution is 2.37. The molecule has 4 nitrogen and oxygen atoms in total. The van der Waals surface area contributed by atoms with Crippen LogP contribution in [-0.2, 0) is 9.59 Å². The largest absolute Gasteiger partial charge is 0.343 e. The van der Waals surface area contributed by atoms with Gasteiger partial charge in [0.1, 0.15) is 12.1 Å². The van der Waals surface area contributed by atoms with E-state index in [1.807, 2.05) is 18.7 Å². The van der Waals surface area contributed by atoms with E-state index in [1.54, 1.807) is 6.92 Å². The molecular formula is C14H24N2O2. The summed E-state index contributed by atoms with van der Waals surface area (Å²) >= 11 is 0. The van der Waals surface area contributed by atoms with Crippen LogP contribution in [0.2, 0.25) is 0 Å². The molecule has 0 aromatic carbocycles. The van der Waals surface area contributed by atoms with Crippen LogP contribution in [0.5, 0.6) is 0 Å². The van der Waals surface area contributed by atoms with Gasteiger partial charge in [-0.25, -0.2) is 0 Å². The Balaban J connectivity index is 2.13. The van der Waals surface area contributed by atoms with Crippen LogP contribution in [0, 0.1) is 17.8 Å². The van der Waals surface area contributed by atoms with Crippen molar-refractivity contribution in [3.8, 4) is 0 Å². The molecule has 4 heteroatoms. The minimum absolute atomic E-state index is 0.0000898. The lowest BCUT2D eigenvalue weighted by atomic mass is 9.95. The zero-order valence-electron chi connectivity index (χ0n) is 11.8. The Hall–Kier alpha value is -1.06. The molecule has 1 heterocycles. The number of rotatable bonds is 4. The Morgan fingerprint density at radius 2 is 1.89 bits per heavy atom. The van der Waals surface area contributed by atoms with E-state index in [0.29, 0.717) is 5.92 Å². The molecular weight excluding hydrogens is 228 g/mol. The normalized spacial score (nSPS) is 30.6. The molecule has 1 N–H and O–H groups in total. The third kappa shape index (κ3) is 2.52. The predicted octanol–water partition coefficient (Wildman–Crippen LogP) is 1.40. The van der Waals surface area contributed by atoms with Crippen LogP contribution >= 0.6 is 0 Å². The van der Waals surface area contributed by atoms with Gasteiger partial charge in [-0.1, -0.05) is 20.8 Å². The average molecular weight is 252 g/mol. The average Bonchev–Trinajstić information content (AvgIpc) is 3.08. The van der Waals surface area contributed by atoms with E-state index >= 15 is 0 Å². The standard InChI is InChI=1S/C14H24N2O2/c1-8(2)12-13(17)15-10(4)14(18)16(12)7-9(3)11-5-6-11/h8-12H,5-7H2,1-4H3,(H,15,17). The fraction of sp³-hybridized carbons (Fsp3) is 0.857. The van der Waals surface area contributed by atoms with Crippen molar-refractivity contribution >= 4 is 11.8 Å². The monoisotopic (exact) mass is 252 g/mol. The molecule has 1 aliphatic carbocycles. The van der Waals surface area contributed by atoms with E-state index in [1.165, 1.54) is 12.8 Å². The van der Waals surface area contributed by atoms with Crippen molar-refractivity contribution in [2.75, 3.05) is 6.54 Å². The third-order valence-electron chi connectivity index (χ3n) is 4.16. The van der Waals surface area contributed by atoms with Crippen LogP contribution in [0.4, 0.5) is 0 Å². The molecule has 2 fully saturated rings. The van der Waals surface area contributed by atoms with E-state index in [0.717, 1.165) is 12.5 Å². The van der Waals surface area contributed by atoms with Gasteiger partial charge in [-0.05, 0) is 37.5 Å². The Kier molecular flexibility index (Phi) is 3.64. The molecule has 3 atom stereocenters. The number of carbonyl (C=O) groups is 2. The molecule has 1 saturated carbocycles. The van der Waals surface area contributed by atoms with Crippen molar-refractivity contribution in [1.29, 1.82) is 0 Å². The second-order valence-corrected chi connectivity index (χ2v) is 6.22. The first-order valence-electron chi connectivity index (χ1n) is 7.02. The van der Waals surface area contributed by atoms with Gasteiger partial charge in [-0.3, -0.25) is 9.59 Å². The van der Waals surface area contributed by atoms with Gasteiger partial charge in [0.05, 0.1) is 0 Å². The van der Waals surface area contributed by atoms with Crippen molar-refractivity contribution in [3.05, 3.63) is 0 Å². The summed E-state index contributed by atoms with van der Waals surface area (Å²) in [5.41, 5.74) is 0. The SMILES string of the molecule is CC1NC(=O)C(C(C)C)N(CC(C)C2CC2)C1=O. The quantitative estimate of drug-likeness (QED) is 0.822. The molecule has 1 aliphatic heterocycles. The molecule has 0 aromatic heterocycles. The van der Waals surface area contributed by atoms with Crippen LogP contribution < -0.4 is 5.32 Å². The Labute approximate surface area is 109 Å². The number of hydrogen-bond acceptors (Lipinski definition) is 2. The van der Waals surface area contributed by atoms with Crippen LogP contribution in [0.25, 0.3) is 0 Å². The van der Waals surface area contributed by atoms with Gasteiger partial charge in [0, 0.05) is 6.54 Å². The summed E-state index contributed by atoms with van der Waals surface area (Å²) < 4.78 is 0. The molecule has 18 heavy (non-hydrogen) atoms. The van der Waals surface area contributed by atoms with Gasteiger partial charge in [0.25, 0.3) is 0 Å². The van der Waals surface area contributed by atoms with Crippen LogP contribution in [0.1, 0.15) is 40.5 Å². The lowest BCUT2D eigenvalue weighted by Gasteiger charge is -2.41. The topological polar surface area (TPSA) is 49.4 Å². The summed E-state index contributed by atoms with van der Waals surface area (Å²) in [6.07, 6.45) is 2.55. The molecule has 2 rings (SSSR count). The molecule has 102 valence electrons. The number of piperazine rings is 1. The van der Waals surface area contributed by atoms with Gasteiger partial charge >= 0.3 is 0 Å². The highest BCUT2D eigenvalue weighted by Gasteiger charge is 2.42. The van der Waals surface area contributed by atoms with Gasteiger partial charge in [0.15, 0.2) is 0 Å². The second-order valence-electron chi connectivity index (χ2n) is 6.22. The van der Waals surface area contributed by atoms with Crippen molar-refractivity contribution in [2.45, 2.75) is 52.6 Å². The summed E-state index contributed by atoms with van der Waals surface area (Å²) in [7, 11) is 0. The van der Waals surface area contributed by atoms with E-state index in [-0.39, 0.29) is 29.8 Å². The number of carbonyl (C=O) groups excluding carboxylic acids is 2. The Bertz CT molecular complexity index is 350. The van der Waals surface area contributed by atoms with Crippen LogP contribution in [-0.4, -0.2) is 35.3 Å². The molecule has 0 aromatic rings. The van der Waals surface area contributed by atoms with Gasteiger partial charge in [-0.15, -0.1) is 0 Å². The molecule has 0 bridgehead atoms. The smallest absolute Gasteiger partial charge is 0.245 e. The van der Waals surface area contributed by atoms with Gasteiger partial charge in [0.2, 0.25) is 11.8 Å². The lowest BCUT2D eigenvalue weighted by molar-refractivity contribution is -0.151. The van der Waals surface area contributed by atoms with Crippen LogP contribution in [0.15, 0.2) is 0 Å². The number of nitrogens with one attached hydrogen (secondary N) is 1. The molecule has 0 radical (unpaired) electrons. The van der Waals surface area contributed by atoms with Gasteiger partial charge < -0.3 is 10.2 Å². The number of hydrogen-bond donors (Lipinski definition) is 1. The fourth-order valence-electron chi connectivity index (χ4n) is 2.88. The van der Waals surface area contributed by atoms with E-state index < -0.39 is 0 Å². The summed E-state index contributed by atoms with van der Waals surface area (Å²) in [6.45, 7) is 8.69. The number of amides is 2. The summed E-state index contributed by atoms with van der Waals surface area (Å²) in [4.78, 5) is 26.2. The number of nitrogens with zero attached hydrogens (tertiary/aromatic N) is 1. The van der Waals surface area contributed by atoms with E-state index in [9.17, 15) is 9.59 Å². The summed E-state index contributed by atoms with van der Waals surface area (Å²) in [6, 6.07) is -0.672. The molecule has 1 saturated heterocycles. The first-order chi connectivity index (χ1) is 8.41. The van der Waals surface area contributed by atoms with E-state index in [4.69, 9.17) is 0 Å². The fourth-order valence-corrected chi connectivity index (χ4v) is 2.88. The molecule has 0 spiro atoms. The minimum atomic E-state index is -0.376. The molecule has 2 aliphatic rings. The highest BCUT2D eigenvalue weighted by molar-refractivity contribution is 5.96. The molecule has 3 unspecified atom stereocenters. The maximum absolute atomic E-state index is 12.3. The zero-order chi connectivity index (χ0) is 13.4. The lowest BCUT2D eigenvalue weighted by Crippen LogP contribution is -2.64. The van der Waals surface area contributed by atoms with E-state index in [2.05, 4.69) is 12.2 Å². The Morgan fingerprint density at radius 1 is 1.28 bits per heavy atom. The minimum Gasteiger partial charge on any atom is -0.343 e.